The summed E-state index contributed by atoms with van der Waals surface area (Å²) in [6, 6.07) is 31.6. The molecule has 0 bridgehead atoms. The van der Waals surface area contributed by atoms with Crippen molar-refractivity contribution in [2.24, 2.45) is 11.8 Å². The molecule has 0 heterocycles. The number of phosphoric acid groups is 1. The molecule has 324 valence electrons. The molecule has 0 radical (unpaired) electrons. The minimum atomic E-state index is -3.87. The number of nitrogens with one attached hydrogen (secondary N) is 2. The topological polar surface area (TPSA) is 151 Å². The van der Waals surface area contributed by atoms with Crippen LogP contribution in [0.1, 0.15) is 75.6 Å². The molecule has 60 heavy (non-hydrogen) atoms. The lowest BCUT2D eigenvalue weighted by Crippen LogP contribution is -2.32. The first-order valence-corrected chi connectivity index (χ1v) is 21.9. The Morgan fingerprint density at radius 2 is 1.25 bits per heavy atom. The van der Waals surface area contributed by atoms with Gasteiger partial charge in [-0.25, -0.2) is 14.2 Å². The molecular formula is C46H60N3O10P. The number of esters is 1. The molecule has 0 aliphatic heterocycles. The van der Waals surface area contributed by atoms with Crippen molar-refractivity contribution in [3.05, 3.63) is 125 Å². The molecule has 0 aromatic heterocycles. The first kappa shape index (κ1) is 47.5. The number of carbonyl (C=O) groups excluding carboxylic acids is 3. The van der Waals surface area contributed by atoms with E-state index in [2.05, 4.69) is 43.2 Å². The van der Waals surface area contributed by atoms with E-state index >= 15 is 0 Å². The van der Waals surface area contributed by atoms with Gasteiger partial charge in [0.05, 0.1) is 37.8 Å². The molecule has 4 rings (SSSR count). The molecule has 0 saturated carbocycles. The summed E-state index contributed by atoms with van der Waals surface area (Å²) in [5.74, 6) is 0.226. The van der Waals surface area contributed by atoms with Crippen molar-refractivity contribution < 1.29 is 46.7 Å². The highest BCUT2D eigenvalue weighted by Crippen LogP contribution is 2.51. The van der Waals surface area contributed by atoms with Gasteiger partial charge in [-0.15, -0.1) is 0 Å². The van der Waals surface area contributed by atoms with E-state index in [0.29, 0.717) is 48.9 Å². The van der Waals surface area contributed by atoms with Crippen LogP contribution in [0.5, 0.6) is 0 Å². The summed E-state index contributed by atoms with van der Waals surface area (Å²) in [6.45, 7) is 11.9. The summed E-state index contributed by atoms with van der Waals surface area (Å²) in [7, 11) is -3.87. The average molecular weight is 846 g/mol. The highest BCUT2D eigenvalue weighted by Gasteiger charge is 2.27. The average Bonchev–Trinajstić information content (AvgIpc) is 3.22. The summed E-state index contributed by atoms with van der Waals surface area (Å²) in [5.41, 5.74) is 5.78. The lowest BCUT2D eigenvalue weighted by Gasteiger charge is -2.30. The van der Waals surface area contributed by atoms with Gasteiger partial charge in [0.2, 0.25) is 6.79 Å². The Labute approximate surface area is 354 Å². The minimum Gasteiger partial charge on any atom is -0.434 e. The van der Waals surface area contributed by atoms with Gasteiger partial charge in [0.15, 0.2) is 0 Å². The number of unbranched alkanes of at least 4 members (excludes halogenated alkanes) is 2. The number of hydrogen-bond donors (Lipinski definition) is 2. The zero-order valence-electron chi connectivity index (χ0n) is 35.4. The van der Waals surface area contributed by atoms with Gasteiger partial charge < -0.3 is 29.7 Å². The van der Waals surface area contributed by atoms with Gasteiger partial charge in [-0.1, -0.05) is 112 Å². The fourth-order valence-corrected chi connectivity index (χ4v) is 7.16. The third-order valence-electron chi connectivity index (χ3n) is 8.87. The molecule has 4 aromatic rings. The Morgan fingerprint density at radius 1 is 0.650 bits per heavy atom. The Morgan fingerprint density at radius 3 is 1.85 bits per heavy atom. The van der Waals surface area contributed by atoms with Crippen LogP contribution in [0.3, 0.4) is 0 Å². The molecule has 0 aliphatic rings. The fraction of sp³-hybridized carbons (Fsp3) is 0.413. The van der Waals surface area contributed by atoms with E-state index in [1.807, 2.05) is 110 Å². The van der Waals surface area contributed by atoms with Crippen LogP contribution in [0.25, 0.3) is 0 Å². The van der Waals surface area contributed by atoms with Crippen molar-refractivity contribution in [3.63, 3.8) is 0 Å². The summed E-state index contributed by atoms with van der Waals surface area (Å²) in [5, 5.41) is 5.92. The Balaban J connectivity index is 1.17. The standard InChI is InChI=1S/C46H60N3O10P/c1-35(2)30-49(31-36(3)4)43-25-21-38(29-42(43)48-45(51)47-41-23-19-37(5)20-24-41)22-26-44(50)55-34-56-46(52)54-27-13-8-14-28-57-60(53,58-32-39-15-9-6-10-16-39)59-33-40-17-11-7-12-18-40/h6-7,9-12,15-21,23-25,29,35-36H,8,13-14,22,26-28,30-34H2,1-5H3,(H2,47,48,51). The van der Waals surface area contributed by atoms with Crippen LogP contribution in [-0.2, 0) is 56.8 Å². The van der Waals surface area contributed by atoms with Crippen molar-refractivity contribution >= 4 is 43.0 Å². The van der Waals surface area contributed by atoms with E-state index < -0.39 is 26.7 Å². The number of rotatable bonds is 25. The number of anilines is 3. The first-order chi connectivity index (χ1) is 28.9. The molecule has 0 atom stereocenters. The van der Waals surface area contributed by atoms with Crippen LogP contribution in [-0.4, -0.2) is 51.3 Å². The highest BCUT2D eigenvalue weighted by atomic mass is 31.2. The number of benzene rings is 4. The number of hydrogen-bond acceptors (Lipinski definition) is 11. The zero-order chi connectivity index (χ0) is 43.2. The maximum Gasteiger partial charge on any atom is 0.511 e. The second-order valence-electron chi connectivity index (χ2n) is 15.2. The monoisotopic (exact) mass is 845 g/mol. The van der Waals surface area contributed by atoms with Crippen molar-refractivity contribution in [1.82, 2.24) is 0 Å². The third-order valence-corrected chi connectivity index (χ3v) is 10.3. The van der Waals surface area contributed by atoms with Gasteiger partial charge in [-0.2, -0.15) is 0 Å². The molecule has 14 heteroatoms. The minimum absolute atomic E-state index is 0.0258. The van der Waals surface area contributed by atoms with Gasteiger partial charge in [-0.05, 0) is 85.4 Å². The number of carbonyl (C=O) groups is 3. The number of aryl methyl sites for hydroxylation is 2. The quantitative estimate of drug-likeness (QED) is 0.0284. The van der Waals surface area contributed by atoms with Crippen LogP contribution in [0.15, 0.2) is 103 Å². The van der Waals surface area contributed by atoms with Gasteiger partial charge in [0, 0.05) is 25.2 Å². The third kappa shape index (κ3) is 18.4. The molecule has 0 unspecified atom stereocenters. The predicted molar refractivity (Wildman–Crippen MR) is 234 cm³/mol. The number of nitrogens with zero attached hydrogens (tertiary/aromatic N) is 1. The Hall–Kier alpha value is -5.20. The van der Waals surface area contributed by atoms with Gasteiger partial charge in [0.25, 0.3) is 0 Å². The molecule has 0 fully saturated rings. The molecule has 4 aromatic carbocycles. The molecule has 2 amide bonds. The highest BCUT2D eigenvalue weighted by molar-refractivity contribution is 7.48. The van der Waals surface area contributed by atoms with Crippen molar-refractivity contribution in [3.8, 4) is 0 Å². The van der Waals surface area contributed by atoms with Crippen molar-refractivity contribution in [1.29, 1.82) is 0 Å². The van der Waals surface area contributed by atoms with Crippen molar-refractivity contribution in [2.45, 2.75) is 79.9 Å². The number of ether oxygens (including phenoxy) is 3. The first-order valence-electron chi connectivity index (χ1n) is 20.5. The lowest BCUT2D eigenvalue weighted by molar-refractivity contribution is -0.153. The van der Waals surface area contributed by atoms with E-state index in [9.17, 15) is 18.9 Å². The maximum absolute atomic E-state index is 13.4. The molecule has 13 nitrogen and oxygen atoms in total. The molecule has 0 saturated heterocycles. The van der Waals surface area contributed by atoms with E-state index in [0.717, 1.165) is 41.0 Å². The van der Waals surface area contributed by atoms with Crippen LogP contribution in [0.4, 0.5) is 26.7 Å². The predicted octanol–water partition coefficient (Wildman–Crippen LogP) is 11.1. The second kappa shape index (κ2) is 25.4. The number of phosphoric ester groups is 1. The maximum atomic E-state index is 13.4. The van der Waals surface area contributed by atoms with Crippen LogP contribution in [0, 0.1) is 18.8 Å². The molecule has 0 aliphatic carbocycles. The SMILES string of the molecule is Cc1ccc(NC(=O)Nc2cc(CCC(=O)OCOC(=O)OCCCCCOP(=O)(OCc3ccccc3)OCc3ccccc3)ccc2N(CC(C)C)CC(C)C)cc1. The van der Waals surface area contributed by atoms with E-state index in [-0.39, 0.29) is 38.9 Å². The van der Waals surface area contributed by atoms with Gasteiger partial charge >= 0.3 is 26.0 Å². The summed E-state index contributed by atoms with van der Waals surface area (Å²) < 4.78 is 45.4. The largest absolute Gasteiger partial charge is 0.511 e. The molecular weight excluding hydrogens is 785 g/mol. The van der Waals surface area contributed by atoms with Gasteiger partial charge in [-0.3, -0.25) is 18.4 Å². The van der Waals surface area contributed by atoms with Crippen LogP contribution >= 0.6 is 7.82 Å². The second-order valence-corrected chi connectivity index (χ2v) is 16.9. The molecule has 0 spiro atoms. The number of amides is 2. The summed E-state index contributed by atoms with van der Waals surface area (Å²) in [4.78, 5) is 40.1. The smallest absolute Gasteiger partial charge is 0.434 e. The Bertz CT molecular complexity index is 1890. The number of urea groups is 1. The van der Waals surface area contributed by atoms with E-state index in [1.54, 1.807) is 0 Å². The zero-order valence-corrected chi connectivity index (χ0v) is 36.3. The Kier molecular flexibility index (Phi) is 20.1. The van der Waals surface area contributed by atoms with E-state index in [1.165, 1.54) is 0 Å². The van der Waals surface area contributed by atoms with Crippen LogP contribution in [0.2, 0.25) is 0 Å². The van der Waals surface area contributed by atoms with Gasteiger partial charge in [0.1, 0.15) is 0 Å². The fourth-order valence-electron chi connectivity index (χ4n) is 5.97. The molecule has 2 N–H and O–H groups in total. The summed E-state index contributed by atoms with van der Waals surface area (Å²) in [6.07, 6.45) is 1.01. The summed E-state index contributed by atoms with van der Waals surface area (Å²) >= 11 is 0. The lowest BCUT2D eigenvalue weighted by atomic mass is 10.1. The van der Waals surface area contributed by atoms with E-state index in [4.69, 9.17) is 27.8 Å². The normalized spacial score (nSPS) is 11.3. The van der Waals surface area contributed by atoms with Crippen LogP contribution < -0.4 is 15.5 Å². The van der Waals surface area contributed by atoms with Crippen molar-refractivity contribution in [2.75, 3.05) is 48.6 Å².